The van der Waals surface area contributed by atoms with Crippen LogP contribution < -0.4 is 10.2 Å². The molecule has 0 aromatic carbocycles. The summed E-state index contributed by atoms with van der Waals surface area (Å²) in [5.74, 6) is 0. The molecule has 0 aromatic rings. The molecule has 0 spiro atoms. The first-order chi connectivity index (χ1) is 4.72. The highest BCUT2D eigenvalue weighted by atomic mass is 31.3. The van der Waals surface area contributed by atoms with Crippen LogP contribution in [0.5, 0.6) is 0 Å². The van der Waals surface area contributed by atoms with Crippen molar-refractivity contribution in [1.82, 2.24) is 19.1 Å². The molecule has 0 saturated carbocycles. The molecule has 0 aromatic heterocycles. The van der Waals surface area contributed by atoms with Crippen LogP contribution in [0.1, 0.15) is 0 Å². The van der Waals surface area contributed by atoms with Gasteiger partial charge in [0.1, 0.15) is 16.7 Å². The highest BCUT2D eigenvalue weighted by Gasteiger charge is 2.40. The average Bonchev–Trinajstić information content (AvgIpc) is 1.90. The Morgan fingerprint density at radius 2 is 1.20 bits per heavy atom. The molecule has 4 nitrogen and oxygen atoms in total. The van der Waals surface area contributed by atoms with Gasteiger partial charge in [0.05, 0.1) is 0 Å². The van der Waals surface area contributed by atoms with Crippen LogP contribution in [0.3, 0.4) is 0 Å². The second kappa shape index (κ2) is 3.40. The van der Waals surface area contributed by atoms with Crippen LogP contribution >= 0.6 is 16.7 Å². The van der Waals surface area contributed by atoms with Gasteiger partial charge in [-0.15, -0.1) is 0 Å². The minimum absolute atomic E-state index is 0.180. The van der Waals surface area contributed by atoms with Crippen molar-refractivity contribution in [3.63, 3.8) is 0 Å². The molecule has 2 N–H and O–H groups in total. The predicted octanol–water partition coefficient (Wildman–Crippen LogP) is 0.756. The molecule has 1 aliphatic rings. The number of hydrogen-bond acceptors (Lipinski definition) is 4. The van der Waals surface area contributed by atoms with E-state index in [0.29, 0.717) is 0 Å². The third-order valence-electron chi connectivity index (χ3n) is 1.50. The molecule has 1 fully saturated rings. The fourth-order valence-corrected chi connectivity index (χ4v) is 6.27. The lowest BCUT2D eigenvalue weighted by atomic mass is 11.6. The Bertz CT molecular complexity index is 99.8. The minimum Gasteiger partial charge on any atom is -0.274 e. The fourth-order valence-electron chi connectivity index (χ4n) is 1.08. The Morgan fingerprint density at radius 3 is 1.40 bits per heavy atom. The normalized spacial score (nSPS) is 36.0. The molecule has 0 unspecified atom stereocenters. The first-order valence-electron chi connectivity index (χ1n) is 3.14. The third kappa shape index (κ3) is 1.20. The van der Waals surface area contributed by atoms with Gasteiger partial charge < -0.3 is 0 Å². The predicted molar refractivity (Wildman–Crippen MR) is 47.5 cm³/mol. The topological polar surface area (TPSA) is 30.5 Å². The van der Waals surface area contributed by atoms with E-state index in [4.69, 9.17) is 0 Å². The van der Waals surface area contributed by atoms with Crippen LogP contribution in [0.25, 0.3) is 0 Å². The Labute approximate surface area is 64.8 Å². The van der Waals surface area contributed by atoms with E-state index >= 15 is 0 Å². The van der Waals surface area contributed by atoms with E-state index in [1.165, 1.54) is 0 Å². The first kappa shape index (κ1) is 8.79. The molecule has 0 aliphatic carbocycles. The Balaban J connectivity index is 2.42. The lowest BCUT2D eigenvalue weighted by Gasteiger charge is -2.51. The number of nitrogens with one attached hydrogen (secondary N) is 2. The molecule has 1 aliphatic heterocycles. The van der Waals surface area contributed by atoms with E-state index in [1.54, 1.807) is 0 Å². The van der Waals surface area contributed by atoms with Gasteiger partial charge in [-0.25, -0.2) is 8.88 Å². The van der Waals surface area contributed by atoms with Crippen molar-refractivity contribution in [2.24, 2.45) is 0 Å². The van der Waals surface area contributed by atoms with Crippen molar-refractivity contribution in [2.75, 3.05) is 28.2 Å². The Kier molecular flexibility index (Phi) is 2.99. The summed E-state index contributed by atoms with van der Waals surface area (Å²) in [5.41, 5.74) is 0. The maximum atomic E-state index is 3.26. The number of rotatable bonds is 2. The van der Waals surface area contributed by atoms with Crippen molar-refractivity contribution in [3.8, 4) is 0 Å². The molecule has 60 valence electrons. The summed E-state index contributed by atoms with van der Waals surface area (Å²) in [6, 6.07) is 0. The molecule has 1 saturated heterocycles. The maximum absolute atomic E-state index is 3.26. The third-order valence-corrected chi connectivity index (χ3v) is 6.52. The molecular weight excluding hydrogens is 166 g/mol. The summed E-state index contributed by atoms with van der Waals surface area (Å²) in [5, 5.41) is 6.52. The highest BCUT2D eigenvalue weighted by molar-refractivity contribution is 7.80. The molecule has 10 heavy (non-hydrogen) atoms. The van der Waals surface area contributed by atoms with E-state index in [-0.39, 0.29) is 16.7 Å². The maximum Gasteiger partial charge on any atom is 0.128 e. The van der Waals surface area contributed by atoms with E-state index in [9.17, 15) is 0 Å². The summed E-state index contributed by atoms with van der Waals surface area (Å²) >= 11 is 0. The second-order valence-corrected chi connectivity index (χ2v) is 7.09. The van der Waals surface area contributed by atoms with Gasteiger partial charge >= 0.3 is 0 Å². The van der Waals surface area contributed by atoms with E-state index in [1.807, 2.05) is 14.1 Å². The summed E-state index contributed by atoms with van der Waals surface area (Å²) < 4.78 is 4.70. The smallest absolute Gasteiger partial charge is 0.128 e. The second-order valence-electron chi connectivity index (χ2n) is 2.00. The van der Waals surface area contributed by atoms with Gasteiger partial charge in [-0.3, -0.25) is 10.2 Å². The molecule has 0 amide bonds. The van der Waals surface area contributed by atoms with Crippen LogP contribution in [0.2, 0.25) is 0 Å². The van der Waals surface area contributed by atoms with Crippen LogP contribution in [0.4, 0.5) is 0 Å². The standard InChI is InChI=1S/C4H14N4P2/c1-5-9-7(3)10(6-2)8(9)4/h5-6H,1-4H3. The number of nitrogens with zero attached hydrogens (tertiary/aromatic N) is 2. The van der Waals surface area contributed by atoms with Gasteiger partial charge in [-0.05, 0) is 28.2 Å². The fraction of sp³-hybridized carbons (Fsp3) is 1.00. The van der Waals surface area contributed by atoms with Crippen molar-refractivity contribution in [3.05, 3.63) is 0 Å². The minimum atomic E-state index is -0.180. The average molecular weight is 180 g/mol. The highest BCUT2D eigenvalue weighted by Crippen LogP contribution is 2.69. The SMILES string of the molecule is CNP1N(C)P(NC)N1C. The van der Waals surface area contributed by atoms with Crippen molar-refractivity contribution in [1.29, 1.82) is 0 Å². The monoisotopic (exact) mass is 180 g/mol. The Hall–Kier alpha value is 0.700. The van der Waals surface area contributed by atoms with Gasteiger partial charge in [0, 0.05) is 0 Å². The summed E-state index contributed by atoms with van der Waals surface area (Å²) in [4.78, 5) is 0. The largest absolute Gasteiger partial charge is 0.274 e. The quantitative estimate of drug-likeness (QED) is 0.614. The van der Waals surface area contributed by atoms with Crippen molar-refractivity contribution in [2.45, 2.75) is 0 Å². The van der Waals surface area contributed by atoms with Gasteiger partial charge in [-0.2, -0.15) is 0 Å². The lowest BCUT2D eigenvalue weighted by molar-refractivity contribution is 0.625. The summed E-state index contributed by atoms with van der Waals surface area (Å²) in [6.45, 7) is 0. The first-order valence-corrected chi connectivity index (χ1v) is 5.64. The van der Waals surface area contributed by atoms with Gasteiger partial charge in [-0.1, -0.05) is 0 Å². The van der Waals surface area contributed by atoms with E-state index in [2.05, 4.69) is 33.2 Å². The molecule has 1 heterocycles. The molecule has 6 heteroatoms. The molecule has 1 rings (SSSR count). The van der Waals surface area contributed by atoms with Crippen molar-refractivity contribution < 1.29 is 0 Å². The van der Waals surface area contributed by atoms with Crippen molar-refractivity contribution >= 4 is 16.7 Å². The van der Waals surface area contributed by atoms with E-state index in [0.717, 1.165) is 0 Å². The Morgan fingerprint density at radius 1 is 0.900 bits per heavy atom. The summed E-state index contributed by atoms with van der Waals surface area (Å²) in [7, 11) is 7.93. The molecular formula is C4H14N4P2. The van der Waals surface area contributed by atoms with E-state index < -0.39 is 0 Å². The molecule has 0 atom stereocenters. The van der Waals surface area contributed by atoms with Gasteiger partial charge in [0.25, 0.3) is 0 Å². The number of hydrogen-bond donors (Lipinski definition) is 2. The lowest BCUT2D eigenvalue weighted by Crippen LogP contribution is -2.40. The van der Waals surface area contributed by atoms with Gasteiger partial charge in [0.15, 0.2) is 0 Å². The molecule has 0 radical (unpaired) electrons. The zero-order valence-corrected chi connectivity index (χ0v) is 8.58. The van der Waals surface area contributed by atoms with Crippen LogP contribution in [0, 0.1) is 0 Å². The van der Waals surface area contributed by atoms with Gasteiger partial charge in [0.2, 0.25) is 0 Å². The van der Waals surface area contributed by atoms with Crippen LogP contribution in [0.15, 0.2) is 0 Å². The zero-order valence-electron chi connectivity index (χ0n) is 6.79. The van der Waals surface area contributed by atoms with Crippen LogP contribution in [-0.2, 0) is 0 Å². The summed E-state index contributed by atoms with van der Waals surface area (Å²) in [6.07, 6.45) is 0. The molecule has 0 bridgehead atoms. The van der Waals surface area contributed by atoms with Crippen LogP contribution in [-0.4, -0.2) is 37.1 Å². The zero-order chi connectivity index (χ0) is 7.72.